The zero-order valence-electron chi connectivity index (χ0n) is 18.5. The second-order valence-corrected chi connectivity index (χ2v) is 10.2. The SMILES string of the molecule is CC(=O)O[C@@H]1/C(=N/OCCN)CC[C@@]2(C)C1CC[C@@H]1[C@@H]2CC[C@]2(C)C(=O)CC[C@@H]12.Cl. The number of nitrogens with zero attached hydrogens (tertiary/aromatic N) is 1. The summed E-state index contributed by atoms with van der Waals surface area (Å²) in [6.45, 7) is 6.89. The van der Waals surface area contributed by atoms with Crippen LogP contribution in [-0.2, 0) is 19.2 Å². The molecule has 0 bridgehead atoms. The van der Waals surface area contributed by atoms with Crippen molar-refractivity contribution < 1.29 is 19.2 Å². The Labute approximate surface area is 186 Å². The minimum Gasteiger partial charge on any atom is -0.456 e. The Morgan fingerprint density at radius 1 is 1.10 bits per heavy atom. The fourth-order valence-electron chi connectivity index (χ4n) is 7.50. The first-order chi connectivity index (χ1) is 13.8. The number of carbonyl (C=O) groups excluding carboxylic acids is 2. The number of hydrogen-bond acceptors (Lipinski definition) is 6. The molecule has 0 spiro atoms. The van der Waals surface area contributed by atoms with Gasteiger partial charge in [0, 0.05) is 31.2 Å². The average molecular weight is 441 g/mol. The van der Waals surface area contributed by atoms with Gasteiger partial charge in [-0.25, -0.2) is 0 Å². The van der Waals surface area contributed by atoms with Crippen LogP contribution in [0.2, 0.25) is 0 Å². The number of rotatable bonds is 4. The summed E-state index contributed by atoms with van der Waals surface area (Å²) in [6.07, 6.45) is 7.61. The maximum Gasteiger partial charge on any atom is 0.303 e. The average Bonchev–Trinajstić information content (AvgIpc) is 2.98. The number of nitrogens with two attached hydrogens (primary N) is 1. The number of Topliss-reactive ketones (excluding diaryl/α,β-unsaturated/α-hetero) is 1. The molecule has 4 aliphatic carbocycles. The highest BCUT2D eigenvalue weighted by atomic mass is 35.5. The van der Waals surface area contributed by atoms with Gasteiger partial charge in [-0.1, -0.05) is 19.0 Å². The first-order valence-corrected chi connectivity index (χ1v) is 11.4. The molecule has 0 amide bonds. The van der Waals surface area contributed by atoms with E-state index in [1.807, 2.05) is 0 Å². The van der Waals surface area contributed by atoms with Gasteiger partial charge in [-0.3, -0.25) is 9.59 Å². The summed E-state index contributed by atoms with van der Waals surface area (Å²) in [5.74, 6) is 2.23. The lowest BCUT2D eigenvalue weighted by molar-refractivity contribution is -0.161. The summed E-state index contributed by atoms with van der Waals surface area (Å²) < 4.78 is 5.84. The third-order valence-corrected chi connectivity index (χ3v) is 8.95. The lowest BCUT2D eigenvalue weighted by Gasteiger charge is -2.60. The summed E-state index contributed by atoms with van der Waals surface area (Å²) in [6, 6.07) is 0. The van der Waals surface area contributed by atoms with E-state index < -0.39 is 0 Å². The van der Waals surface area contributed by atoms with Gasteiger partial charge in [0.1, 0.15) is 18.5 Å². The molecule has 4 aliphatic rings. The van der Waals surface area contributed by atoms with E-state index in [1.165, 1.54) is 6.92 Å². The van der Waals surface area contributed by atoms with Gasteiger partial charge in [-0.15, -0.1) is 12.4 Å². The molecule has 0 aliphatic heterocycles. The highest BCUT2D eigenvalue weighted by Gasteiger charge is 2.62. The van der Waals surface area contributed by atoms with E-state index in [2.05, 4.69) is 19.0 Å². The third-order valence-electron chi connectivity index (χ3n) is 8.95. The standard InChI is InChI=1S/C23H36N2O4.ClH/c1-14(26)29-21-18-5-4-15-16-6-7-20(27)23(16,3)10-8-17(15)22(18,2)11-9-19(21)25-28-13-12-24;/h15-18,21H,4-13,24H2,1-3H3;1H/b25-19+;/t15-,16-,17-,18?,21-,22+,23-;/m0./s1. The molecule has 0 heterocycles. The van der Waals surface area contributed by atoms with E-state index >= 15 is 0 Å². The third kappa shape index (κ3) is 3.68. The summed E-state index contributed by atoms with van der Waals surface area (Å²) in [5, 5.41) is 4.32. The lowest BCUT2D eigenvalue weighted by Crippen LogP contribution is -2.58. The second-order valence-electron chi connectivity index (χ2n) is 10.2. The Bertz CT molecular complexity index is 713. The Balaban J connectivity index is 0.00000256. The molecule has 4 rings (SSSR count). The molecule has 0 aromatic carbocycles. The van der Waals surface area contributed by atoms with Gasteiger partial charge in [-0.05, 0) is 68.1 Å². The van der Waals surface area contributed by atoms with Crippen molar-refractivity contribution >= 4 is 29.9 Å². The second kappa shape index (κ2) is 8.78. The molecule has 6 nitrogen and oxygen atoms in total. The van der Waals surface area contributed by atoms with Crippen molar-refractivity contribution in [3.05, 3.63) is 0 Å². The van der Waals surface area contributed by atoms with Crippen LogP contribution in [0.1, 0.15) is 72.1 Å². The lowest BCUT2D eigenvalue weighted by atomic mass is 9.45. The molecule has 30 heavy (non-hydrogen) atoms. The molecular weight excluding hydrogens is 404 g/mol. The van der Waals surface area contributed by atoms with Crippen molar-refractivity contribution in [2.45, 2.75) is 78.2 Å². The van der Waals surface area contributed by atoms with Crippen molar-refractivity contribution in [1.82, 2.24) is 0 Å². The van der Waals surface area contributed by atoms with E-state index in [-0.39, 0.29) is 41.2 Å². The molecule has 1 unspecified atom stereocenters. The molecule has 0 aromatic heterocycles. The molecule has 0 radical (unpaired) electrons. The quantitative estimate of drug-likeness (QED) is 0.406. The van der Waals surface area contributed by atoms with Crippen LogP contribution >= 0.6 is 12.4 Å². The van der Waals surface area contributed by atoms with Gasteiger partial charge in [0.05, 0.1) is 5.71 Å². The molecule has 4 saturated carbocycles. The van der Waals surface area contributed by atoms with Gasteiger partial charge in [-0.2, -0.15) is 0 Å². The smallest absolute Gasteiger partial charge is 0.303 e. The van der Waals surface area contributed by atoms with E-state index in [0.29, 0.717) is 36.7 Å². The van der Waals surface area contributed by atoms with Crippen molar-refractivity contribution in [2.24, 2.45) is 45.4 Å². The Morgan fingerprint density at radius 2 is 1.87 bits per heavy atom. The van der Waals surface area contributed by atoms with Crippen LogP contribution in [0.15, 0.2) is 5.16 Å². The molecule has 2 N–H and O–H groups in total. The maximum atomic E-state index is 12.6. The summed E-state index contributed by atoms with van der Waals surface area (Å²) in [5.41, 5.74) is 6.39. The molecule has 170 valence electrons. The summed E-state index contributed by atoms with van der Waals surface area (Å²) in [7, 11) is 0. The Morgan fingerprint density at radius 3 is 2.57 bits per heavy atom. The number of ketones is 1. The topological polar surface area (TPSA) is 91.0 Å². The van der Waals surface area contributed by atoms with Crippen molar-refractivity contribution in [3.8, 4) is 0 Å². The normalized spacial score (nSPS) is 43.8. The molecule has 0 aromatic rings. The summed E-state index contributed by atoms with van der Waals surface area (Å²) in [4.78, 5) is 29.9. The van der Waals surface area contributed by atoms with Crippen LogP contribution in [0.25, 0.3) is 0 Å². The van der Waals surface area contributed by atoms with E-state index in [9.17, 15) is 9.59 Å². The Hall–Kier alpha value is -1.14. The molecule has 7 heteroatoms. The number of hydrogen-bond donors (Lipinski definition) is 1. The molecule has 0 saturated heterocycles. The van der Waals surface area contributed by atoms with Crippen LogP contribution in [0.4, 0.5) is 0 Å². The summed E-state index contributed by atoms with van der Waals surface area (Å²) >= 11 is 0. The predicted molar refractivity (Wildman–Crippen MR) is 117 cm³/mol. The van der Waals surface area contributed by atoms with Gasteiger partial charge in [0.25, 0.3) is 0 Å². The molecular formula is C23H37ClN2O4. The number of fused-ring (bicyclic) bond motifs is 5. The number of carbonyl (C=O) groups is 2. The van der Waals surface area contributed by atoms with Gasteiger partial charge < -0.3 is 15.3 Å². The first-order valence-electron chi connectivity index (χ1n) is 11.4. The van der Waals surface area contributed by atoms with Crippen LogP contribution in [0, 0.1) is 34.5 Å². The number of halogens is 1. The fraction of sp³-hybridized carbons (Fsp3) is 0.870. The van der Waals surface area contributed by atoms with Gasteiger partial charge in [0.15, 0.2) is 0 Å². The van der Waals surface area contributed by atoms with E-state index in [4.69, 9.17) is 15.3 Å². The van der Waals surface area contributed by atoms with Gasteiger partial charge in [0.2, 0.25) is 0 Å². The van der Waals surface area contributed by atoms with Crippen molar-refractivity contribution in [1.29, 1.82) is 0 Å². The van der Waals surface area contributed by atoms with Crippen molar-refractivity contribution in [2.75, 3.05) is 13.2 Å². The van der Waals surface area contributed by atoms with Crippen LogP contribution in [0.3, 0.4) is 0 Å². The Kier molecular flexibility index (Phi) is 6.88. The van der Waals surface area contributed by atoms with Gasteiger partial charge >= 0.3 is 5.97 Å². The van der Waals surface area contributed by atoms with Crippen LogP contribution < -0.4 is 5.73 Å². The van der Waals surface area contributed by atoms with E-state index in [0.717, 1.165) is 57.1 Å². The predicted octanol–water partition coefficient (Wildman–Crippen LogP) is 3.89. The monoisotopic (exact) mass is 440 g/mol. The van der Waals surface area contributed by atoms with Crippen LogP contribution in [-0.4, -0.2) is 36.7 Å². The zero-order chi connectivity index (χ0) is 20.8. The van der Waals surface area contributed by atoms with Crippen molar-refractivity contribution in [3.63, 3.8) is 0 Å². The number of oxime groups is 1. The zero-order valence-corrected chi connectivity index (χ0v) is 19.3. The molecule has 4 fully saturated rings. The maximum absolute atomic E-state index is 12.6. The number of ether oxygens (including phenoxy) is 1. The van der Waals surface area contributed by atoms with Crippen LogP contribution in [0.5, 0.6) is 0 Å². The highest BCUT2D eigenvalue weighted by molar-refractivity contribution is 5.91. The van der Waals surface area contributed by atoms with E-state index in [1.54, 1.807) is 0 Å². The number of esters is 1. The minimum absolute atomic E-state index is 0. The highest BCUT2D eigenvalue weighted by Crippen LogP contribution is 2.65. The molecule has 7 atom stereocenters. The largest absolute Gasteiger partial charge is 0.456 e. The first kappa shape index (κ1) is 23.5. The fourth-order valence-corrected chi connectivity index (χ4v) is 7.50. The minimum atomic E-state index is -0.302.